The Bertz CT molecular complexity index is 662. The molecule has 0 spiro atoms. The molecule has 2 aliphatic rings. The number of carbonyl (C=O) groups is 2. The van der Waals surface area contributed by atoms with E-state index in [-0.39, 0.29) is 12.1 Å². The maximum absolute atomic E-state index is 13.4. The number of hydrogen-bond donors (Lipinski definition) is 2. The number of halogens is 2. The van der Waals surface area contributed by atoms with E-state index in [2.05, 4.69) is 5.32 Å². The van der Waals surface area contributed by atoms with Crippen molar-refractivity contribution in [1.82, 2.24) is 10.2 Å². The summed E-state index contributed by atoms with van der Waals surface area (Å²) < 4.78 is 32.1. The number of amides is 2. The molecule has 2 fully saturated rings. The maximum atomic E-state index is 13.4. The van der Waals surface area contributed by atoms with E-state index in [1.807, 2.05) is 0 Å². The van der Waals surface area contributed by atoms with Crippen LogP contribution in [0.5, 0.6) is 0 Å². The van der Waals surface area contributed by atoms with Crippen LogP contribution in [0.15, 0.2) is 18.2 Å². The van der Waals surface area contributed by atoms with Gasteiger partial charge in [0.05, 0.1) is 12.0 Å². The van der Waals surface area contributed by atoms with Gasteiger partial charge in [0.2, 0.25) is 0 Å². The van der Waals surface area contributed by atoms with Gasteiger partial charge in [0, 0.05) is 19.7 Å². The first kappa shape index (κ1) is 17.6. The average molecular weight is 354 g/mol. The normalized spacial score (nSPS) is 24.3. The first-order chi connectivity index (χ1) is 12.0. The summed E-state index contributed by atoms with van der Waals surface area (Å²) in [5.41, 5.74) is 0.478. The van der Waals surface area contributed by atoms with E-state index >= 15 is 0 Å². The van der Waals surface area contributed by atoms with E-state index in [1.54, 1.807) is 4.90 Å². The number of urea groups is 1. The van der Waals surface area contributed by atoms with Crippen molar-refractivity contribution in [3.05, 3.63) is 35.4 Å². The SMILES string of the molecule is O=C(O)C1CCN(C(=O)NC2CCOC2c2ccc(F)c(F)c2)CC1. The molecule has 1 aromatic rings. The molecule has 2 aliphatic heterocycles. The first-order valence-corrected chi connectivity index (χ1v) is 8.30. The van der Waals surface area contributed by atoms with Crippen LogP contribution in [0, 0.1) is 17.6 Å². The Kier molecular flexibility index (Phi) is 5.17. The fraction of sp³-hybridized carbons (Fsp3) is 0.529. The molecule has 0 aromatic heterocycles. The van der Waals surface area contributed by atoms with Crippen LogP contribution in [0.2, 0.25) is 0 Å². The number of nitrogens with one attached hydrogen (secondary N) is 1. The lowest BCUT2D eigenvalue weighted by molar-refractivity contribution is -0.143. The van der Waals surface area contributed by atoms with E-state index in [9.17, 15) is 18.4 Å². The molecule has 2 unspecified atom stereocenters. The lowest BCUT2D eigenvalue weighted by Gasteiger charge is -2.32. The monoisotopic (exact) mass is 354 g/mol. The zero-order valence-corrected chi connectivity index (χ0v) is 13.6. The lowest BCUT2D eigenvalue weighted by Crippen LogP contribution is -2.49. The molecule has 0 saturated carbocycles. The third-order valence-electron chi connectivity index (χ3n) is 4.80. The Morgan fingerprint density at radius 1 is 1.16 bits per heavy atom. The minimum Gasteiger partial charge on any atom is -0.481 e. The summed E-state index contributed by atoms with van der Waals surface area (Å²) >= 11 is 0. The van der Waals surface area contributed by atoms with E-state index in [1.165, 1.54) is 6.07 Å². The van der Waals surface area contributed by atoms with Crippen molar-refractivity contribution >= 4 is 12.0 Å². The molecular formula is C17H20F2N2O4. The highest BCUT2D eigenvalue weighted by Gasteiger charge is 2.34. The van der Waals surface area contributed by atoms with Gasteiger partial charge >= 0.3 is 12.0 Å². The van der Waals surface area contributed by atoms with Crippen molar-refractivity contribution in [3.8, 4) is 0 Å². The molecule has 136 valence electrons. The number of likely N-dealkylation sites (tertiary alicyclic amines) is 1. The summed E-state index contributed by atoms with van der Waals surface area (Å²) in [4.78, 5) is 25.0. The summed E-state index contributed by atoms with van der Waals surface area (Å²) in [6, 6.07) is 2.96. The predicted octanol–water partition coefficient (Wildman–Crippen LogP) is 2.30. The topological polar surface area (TPSA) is 78.9 Å². The zero-order valence-electron chi connectivity index (χ0n) is 13.6. The molecular weight excluding hydrogens is 334 g/mol. The van der Waals surface area contributed by atoms with Gasteiger partial charge in [-0.2, -0.15) is 0 Å². The Morgan fingerprint density at radius 2 is 1.88 bits per heavy atom. The molecule has 2 N–H and O–H groups in total. The highest BCUT2D eigenvalue weighted by Crippen LogP contribution is 2.30. The van der Waals surface area contributed by atoms with Crippen LogP contribution in [-0.2, 0) is 9.53 Å². The highest BCUT2D eigenvalue weighted by molar-refractivity contribution is 5.75. The van der Waals surface area contributed by atoms with Gasteiger partial charge in [-0.25, -0.2) is 13.6 Å². The Balaban J connectivity index is 1.60. The van der Waals surface area contributed by atoms with Gasteiger partial charge in [0.1, 0.15) is 6.10 Å². The van der Waals surface area contributed by atoms with Crippen LogP contribution in [0.25, 0.3) is 0 Å². The minimum atomic E-state index is -0.950. The Labute approximate surface area is 143 Å². The summed E-state index contributed by atoms with van der Waals surface area (Å²) in [5.74, 6) is -3.12. The second-order valence-corrected chi connectivity index (χ2v) is 6.41. The van der Waals surface area contributed by atoms with Crippen LogP contribution in [0.1, 0.15) is 30.9 Å². The number of ether oxygens (including phenoxy) is 1. The van der Waals surface area contributed by atoms with Gasteiger partial charge in [-0.3, -0.25) is 4.79 Å². The van der Waals surface area contributed by atoms with Gasteiger partial charge in [0.15, 0.2) is 11.6 Å². The predicted molar refractivity (Wildman–Crippen MR) is 83.9 cm³/mol. The maximum Gasteiger partial charge on any atom is 0.317 e. The molecule has 0 aliphatic carbocycles. The summed E-state index contributed by atoms with van der Waals surface area (Å²) in [6.45, 7) is 1.17. The smallest absolute Gasteiger partial charge is 0.317 e. The van der Waals surface area contributed by atoms with Gasteiger partial charge in [-0.05, 0) is 37.0 Å². The molecule has 8 heteroatoms. The molecule has 2 amide bonds. The number of nitrogens with zero attached hydrogens (tertiary/aromatic N) is 1. The van der Waals surface area contributed by atoms with E-state index < -0.39 is 29.6 Å². The fourth-order valence-corrected chi connectivity index (χ4v) is 3.33. The molecule has 25 heavy (non-hydrogen) atoms. The first-order valence-electron chi connectivity index (χ1n) is 8.30. The number of carbonyl (C=O) groups excluding carboxylic acids is 1. The molecule has 1 aromatic carbocycles. The van der Waals surface area contributed by atoms with Crippen LogP contribution in [0.4, 0.5) is 13.6 Å². The van der Waals surface area contributed by atoms with Crippen molar-refractivity contribution in [3.63, 3.8) is 0 Å². The van der Waals surface area contributed by atoms with Crippen LogP contribution >= 0.6 is 0 Å². The second kappa shape index (κ2) is 7.35. The van der Waals surface area contributed by atoms with Crippen molar-refractivity contribution in [2.45, 2.75) is 31.4 Å². The van der Waals surface area contributed by atoms with E-state index in [4.69, 9.17) is 9.84 Å². The number of carboxylic acid groups (broad SMARTS) is 1. The van der Waals surface area contributed by atoms with Crippen LogP contribution in [0.3, 0.4) is 0 Å². The van der Waals surface area contributed by atoms with Gasteiger partial charge < -0.3 is 20.1 Å². The fourth-order valence-electron chi connectivity index (χ4n) is 3.33. The second-order valence-electron chi connectivity index (χ2n) is 6.41. The van der Waals surface area contributed by atoms with Crippen LogP contribution < -0.4 is 5.32 Å². The number of rotatable bonds is 3. The average Bonchev–Trinajstić information content (AvgIpc) is 3.05. The molecule has 0 bridgehead atoms. The molecule has 3 rings (SSSR count). The molecule has 2 heterocycles. The summed E-state index contributed by atoms with van der Waals surface area (Å²) in [5, 5.41) is 11.9. The standard InChI is InChI=1S/C17H20F2N2O4/c18-12-2-1-11(9-13(12)19)15-14(5-8-25-15)20-17(24)21-6-3-10(4-7-21)16(22)23/h1-2,9-10,14-15H,3-8H2,(H,20,24)(H,22,23). The largest absolute Gasteiger partial charge is 0.481 e. The number of piperidine rings is 1. The molecule has 0 radical (unpaired) electrons. The minimum absolute atomic E-state index is 0.285. The molecule has 6 nitrogen and oxygen atoms in total. The lowest BCUT2D eigenvalue weighted by atomic mass is 9.97. The van der Waals surface area contributed by atoms with E-state index in [0.717, 1.165) is 12.1 Å². The molecule has 2 atom stereocenters. The van der Waals surface area contributed by atoms with Crippen molar-refractivity contribution in [2.75, 3.05) is 19.7 Å². The van der Waals surface area contributed by atoms with E-state index in [0.29, 0.717) is 44.5 Å². The van der Waals surface area contributed by atoms with Crippen molar-refractivity contribution < 1.29 is 28.2 Å². The summed E-state index contributed by atoms with van der Waals surface area (Å²) in [6.07, 6.45) is 0.893. The number of carboxylic acids is 1. The van der Waals surface area contributed by atoms with Crippen molar-refractivity contribution in [2.24, 2.45) is 5.92 Å². The Morgan fingerprint density at radius 3 is 2.52 bits per heavy atom. The van der Waals surface area contributed by atoms with Gasteiger partial charge in [-0.1, -0.05) is 6.07 Å². The number of aliphatic carboxylic acids is 1. The zero-order chi connectivity index (χ0) is 18.0. The Hall–Kier alpha value is -2.22. The van der Waals surface area contributed by atoms with Gasteiger partial charge in [0.25, 0.3) is 0 Å². The third-order valence-corrected chi connectivity index (χ3v) is 4.80. The van der Waals surface area contributed by atoms with Crippen molar-refractivity contribution in [1.29, 1.82) is 0 Å². The highest BCUT2D eigenvalue weighted by atomic mass is 19.2. The molecule has 2 saturated heterocycles. The van der Waals surface area contributed by atoms with Crippen LogP contribution in [-0.4, -0.2) is 47.7 Å². The quantitative estimate of drug-likeness (QED) is 0.873. The number of benzene rings is 1. The third kappa shape index (κ3) is 3.89. The number of hydrogen-bond acceptors (Lipinski definition) is 3. The summed E-state index contributed by atoms with van der Waals surface area (Å²) in [7, 11) is 0. The van der Waals surface area contributed by atoms with Gasteiger partial charge in [-0.15, -0.1) is 0 Å².